The lowest BCUT2D eigenvalue weighted by Gasteiger charge is -2.12. The highest BCUT2D eigenvalue weighted by molar-refractivity contribution is 4.94. The maximum absolute atomic E-state index is 4.32. The van der Waals surface area contributed by atoms with E-state index in [0.717, 1.165) is 25.0 Å². The van der Waals surface area contributed by atoms with Crippen LogP contribution < -0.4 is 5.32 Å². The third-order valence-electron chi connectivity index (χ3n) is 2.36. The summed E-state index contributed by atoms with van der Waals surface area (Å²) in [5.41, 5.74) is 0. The first-order valence-electron chi connectivity index (χ1n) is 4.32. The summed E-state index contributed by atoms with van der Waals surface area (Å²) in [5.74, 6) is 0.862. The van der Waals surface area contributed by atoms with Crippen molar-refractivity contribution in [3.63, 3.8) is 0 Å². The lowest BCUT2D eigenvalue weighted by atomic mass is 10.1. The molecule has 1 aliphatic carbocycles. The predicted octanol–water partition coefficient (Wildman–Crippen LogP) is 1.13. The quantitative estimate of drug-likeness (QED) is 0.623. The SMILES string of the molecule is C1CC(CNC2CC2)C[N-]1. The minimum absolute atomic E-state index is 0.862. The van der Waals surface area contributed by atoms with Crippen LogP contribution in [0.15, 0.2) is 0 Å². The molecule has 2 fully saturated rings. The van der Waals surface area contributed by atoms with E-state index in [1.54, 1.807) is 0 Å². The Kier molecular flexibility index (Phi) is 1.91. The van der Waals surface area contributed by atoms with Crippen LogP contribution in [0.25, 0.3) is 5.32 Å². The molecule has 58 valence electrons. The summed E-state index contributed by atoms with van der Waals surface area (Å²) in [4.78, 5) is 0. The largest absolute Gasteiger partial charge is 0.662 e. The van der Waals surface area contributed by atoms with Gasteiger partial charge in [-0.25, -0.2) is 0 Å². The van der Waals surface area contributed by atoms with Crippen molar-refractivity contribution in [3.05, 3.63) is 5.32 Å². The predicted molar refractivity (Wildman–Crippen MR) is 42.2 cm³/mol. The van der Waals surface area contributed by atoms with Crippen LogP contribution in [0.2, 0.25) is 0 Å². The topological polar surface area (TPSA) is 26.1 Å². The molecule has 1 saturated carbocycles. The molecule has 1 atom stereocenters. The fraction of sp³-hybridized carbons (Fsp3) is 1.00. The van der Waals surface area contributed by atoms with Gasteiger partial charge in [0.2, 0.25) is 0 Å². The molecule has 0 aromatic rings. The maximum atomic E-state index is 4.32. The summed E-state index contributed by atoms with van der Waals surface area (Å²) in [5, 5.41) is 7.86. The van der Waals surface area contributed by atoms with E-state index in [2.05, 4.69) is 10.6 Å². The monoisotopic (exact) mass is 139 g/mol. The first-order valence-corrected chi connectivity index (χ1v) is 4.32. The Balaban J connectivity index is 1.59. The van der Waals surface area contributed by atoms with Crippen molar-refractivity contribution in [2.24, 2.45) is 5.92 Å². The summed E-state index contributed by atoms with van der Waals surface area (Å²) < 4.78 is 0. The van der Waals surface area contributed by atoms with Crippen molar-refractivity contribution in [1.29, 1.82) is 0 Å². The van der Waals surface area contributed by atoms with Gasteiger partial charge in [0.1, 0.15) is 0 Å². The fourth-order valence-corrected chi connectivity index (χ4v) is 1.43. The average Bonchev–Trinajstić information content (AvgIpc) is 2.63. The number of hydrogen-bond donors (Lipinski definition) is 1. The van der Waals surface area contributed by atoms with Gasteiger partial charge in [-0.1, -0.05) is 6.42 Å². The van der Waals surface area contributed by atoms with E-state index in [9.17, 15) is 0 Å². The van der Waals surface area contributed by atoms with Crippen LogP contribution in [0, 0.1) is 5.92 Å². The van der Waals surface area contributed by atoms with Gasteiger partial charge in [0.15, 0.2) is 0 Å². The molecule has 2 aliphatic rings. The lowest BCUT2D eigenvalue weighted by molar-refractivity contribution is 0.519. The molecule has 1 aliphatic heterocycles. The second-order valence-corrected chi connectivity index (χ2v) is 3.47. The van der Waals surface area contributed by atoms with Crippen molar-refractivity contribution in [2.75, 3.05) is 19.6 Å². The van der Waals surface area contributed by atoms with E-state index in [4.69, 9.17) is 0 Å². The van der Waals surface area contributed by atoms with Crippen LogP contribution >= 0.6 is 0 Å². The molecule has 0 aromatic heterocycles. The Morgan fingerprint density at radius 2 is 2.20 bits per heavy atom. The summed E-state index contributed by atoms with van der Waals surface area (Å²) in [6.45, 7) is 3.44. The van der Waals surface area contributed by atoms with Crippen LogP contribution in [0.4, 0.5) is 0 Å². The molecule has 1 unspecified atom stereocenters. The van der Waals surface area contributed by atoms with Crippen molar-refractivity contribution in [1.82, 2.24) is 5.32 Å². The molecule has 2 rings (SSSR count). The van der Waals surface area contributed by atoms with Gasteiger partial charge in [0.25, 0.3) is 0 Å². The maximum Gasteiger partial charge on any atom is 0.00683 e. The Bertz CT molecular complexity index is 104. The van der Waals surface area contributed by atoms with Gasteiger partial charge in [-0.15, -0.1) is 13.1 Å². The van der Waals surface area contributed by atoms with Gasteiger partial charge in [0, 0.05) is 6.04 Å². The Morgan fingerprint density at radius 1 is 1.30 bits per heavy atom. The minimum atomic E-state index is 0.862. The van der Waals surface area contributed by atoms with Gasteiger partial charge in [-0.3, -0.25) is 0 Å². The van der Waals surface area contributed by atoms with E-state index < -0.39 is 0 Å². The highest BCUT2D eigenvalue weighted by atomic mass is 15.0. The summed E-state index contributed by atoms with van der Waals surface area (Å²) in [6.07, 6.45) is 4.13. The zero-order chi connectivity index (χ0) is 6.81. The molecular formula is C8H15N2-. The number of hydrogen-bond acceptors (Lipinski definition) is 1. The molecule has 0 radical (unpaired) electrons. The Labute approximate surface area is 62.4 Å². The van der Waals surface area contributed by atoms with E-state index in [0.29, 0.717) is 0 Å². The van der Waals surface area contributed by atoms with Crippen LogP contribution in [0.3, 0.4) is 0 Å². The van der Waals surface area contributed by atoms with Gasteiger partial charge in [-0.2, -0.15) is 0 Å². The molecule has 1 saturated heterocycles. The zero-order valence-electron chi connectivity index (χ0n) is 6.34. The zero-order valence-corrected chi connectivity index (χ0v) is 6.34. The third kappa shape index (κ3) is 1.70. The molecule has 0 amide bonds. The molecule has 10 heavy (non-hydrogen) atoms. The molecule has 1 N–H and O–H groups in total. The molecule has 0 aromatic carbocycles. The Morgan fingerprint density at radius 3 is 2.80 bits per heavy atom. The lowest BCUT2D eigenvalue weighted by Crippen LogP contribution is -2.24. The molecule has 0 spiro atoms. The molecule has 2 heteroatoms. The highest BCUT2D eigenvalue weighted by Gasteiger charge is 2.21. The van der Waals surface area contributed by atoms with Crippen molar-refractivity contribution < 1.29 is 0 Å². The van der Waals surface area contributed by atoms with Gasteiger partial charge >= 0.3 is 0 Å². The normalized spacial score (nSPS) is 33.0. The molecule has 1 heterocycles. The average molecular weight is 139 g/mol. The molecular weight excluding hydrogens is 124 g/mol. The third-order valence-corrected chi connectivity index (χ3v) is 2.36. The van der Waals surface area contributed by atoms with Crippen LogP contribution in [0.5, 0.6) is 0 Å². The van der Waals surface area contributed by atoms with E-state index in [1.807, 2.05) is 0 Å². The van der Waals surface area contributed by atoms with E-state index in [1.165, 1.54) is 25.8 Å². The highest BCUT2D eigenvalue weighted by Crippen LogP contribution is 2.21. The minimum Gasteiger partial charge on any atom is -0.662 e. The summed E-state index contributed by atoms with van der Waals surface area (Å²) >= 11 is 0. The molecule has 0 bridgehead atoms. The Hall–Kier alpha value is -0.0800. The first-order chi connectivity index (χ1) is 4.95. The second kappa shape index (κ2) is 2.89. The number of rotatable bonds is 3. The first kappa shape index (κ1) is 6.62. The van der Waals surface area contributed by atoms with Crippen molar-refractivity contribution in [3.8, 4) is 0 Å². The van der Waals surface area contributed by atoms with Gasteiger partial charge in [-0.05, 0) is 25.3 Å². The number of nitrogens with one attached hydrogen (secondary N) is 1. The van der Waals surface area contributed by atoms with E-state index in [-0.39, 0.29) is 0 Å². The standard InChI is InChI=1S/C8H15N2/c1-2-8(1)10-6-7-3-4-9-5-7/h7-8,10H,1-6H2/q-1. The van der Waals surface area contributed by atoms with Crippen molar-refractivity contribution >= 4 is 0 Å². The molecule has 2 nitrogen and oxygen atoms in total. The van der Waals surface area contributed by atoms with E-state index >= 15 is 0 Å². The van der Waals surface area contributed by atoms with Gasteiger partial charge < -0.3 is 10.6 Å². The van der Waals surface area contributed by atoms with Gasteiger partial charge in [0.05, 0.1) is 0 Å². The second-order valence-electron chi connectivity index (χ2n) is 3.47. The summed E-state index contributed by atoms with van der Waals surface area (Å²) in [6, 6.07) is 0.876. The number of nitrogens with zero attached hydrogens (tertiary/aromatic N) is 1. The summed E-state index contributed by atoms with van der Waals surface area (Å²) in [7, 11) is 0. The van der Waals surface area contributed by atoms with Crippen LogP contribution in [0.1, 0.15) is 19.3 Å². The smallest absolute Gasteiger partial charge is 0.00683 e. The van der Waals surface area contributed by atoms with Crippen molar-refractivity contribution in [2.45, 2.75) is 25.3 Å². The van der Waals surface area contributed by atoms with Crippen LogP contribution in [-0.4, -0.2) is 25.7 Å². The fourth-order valence-electron chi connectivity index (χ4n) is 1.43. The van der Waals surface area contributed by atoms with Crippen LogP contribution in [-0.2, 0) is 0 Å².